The van der Waals surface area contributed by atoms with Crippen LogP contribution in [0.1, 0.15) is 33.7 Å². The Kier molecular flexibility index (Phi) is 4.20. The lowest BCUT2D eigenvalue weighted by molar-refractivity contribution is -0.161. The van der Waals surface area contributed by atoms with Gasteiger partial charge in [-0.25, -0.2) is 0 Å². The Labute approximate surface area is 145 Å². The van der Waals surface area contributed by atoms with Gasteiger partial charge in [-0.05, 0) is 31.5 Å². The second-order valence-electron chi connectivity index (χ2n) is 6.09. The number of carbonyl (C=O) groups excluding carboxylic acids is 3. The second-order valence-corrected chi connectivity index (χ2v) is 6.09. The molecule has 1 aromatic heterocycles. The van der Waals surface area contributed by atoms with Gasteiger partial charge in [-0.2, -0.15) is 0 Å². The molecular formula is C19H19NO5. The molecule has 0 bridgehead atoms. The molecule has 6 nitrogen and oxygen atoms in total. The number of esters is 2. The molecule has 130 valence electrons. The van der Waals surface area contributed by atoms with E-state index in [1.165, 1.54) is 14.2 Å². The van der Waals surface area contributed by atoms with E-state index in [0.717, 1.165) is 5.56 Å². The molecule has 0 radical (unpaired) electrons. The van der Waals surface area contributed by atoms with Crippen LogP contribution < -0.4 is 0 Å². The van der Waals surface area contributed by atoms with Crippen molar-refractivity contribution in [1.82, 2.24) is 4.57 Å². The van der Waals surface area contributed by atoms with Crippen molar-refractivity contribution in [3.05, 3.63) is 58.9 Å². The van der Waals surface area contributed by atoms with Gasteiger partial charge >= 0.3 is 11.9 Å². The van der Waals surface area contributed by atoms with Gasteiger partial charge in [-0.15, -0.1) is 0 Å². The van der Waals surface area contributed by atoms with Gasteiger partial charge in [-0.3, -0.25) is 14.4 Å². The first kappa shape index (κ1) is 17.0. The van der Waals surface area contributed by atoms with Crippen LogP contribution in [0.4, 0.5) is 0 Å². The third-order valence-electron chi connectivity index (χ3n) is 4.71. The van der Waals surface area contributed by atoms with Crippen molar-refractivity contribution in [3.63, 3.8) is 0 Å². The van der Waals surface area contributed by atoms with Crippen molar-refractivity contribution in [2.45, 2.75) is 25.3 Å². The number of hydrogen-bond donors (Lipinski definition) is 0. The van der Waals surface area contributed by atoms with E-state index in [2.05, 4.69) is 0 Å². The Morgan fingerprint density at radius 2 is 1.72 bits per heavy atom. The Balaban J connectivity index is 2.08. The minimum atomic E-state index is -1.52. The topological polar surface area (TPSA) is 74.6 Å². The van der Waals surface area contributed by atoms with Gasteiger partial charge in [0.05, 0.1) is 19.9 Å². The van der Waals surface area contributed by atoms with E-state index in [4.69, 9.17) is 9.47 Å². The van der Waals surface area contributed by atoms with Crippen LogP contribution in [0.2, 0.25) is 0 Å². The zero-order valence-electron chi connectivity index (χ0n) is 14.4. The molecule has 2 aromatic rings. The molecule has 6 heteroatoms. The fourth-order valence-corrected chi connectivity index (χ4v) is 3.47. The molecule has 0 saturated heterocycles. The number of methoxy groups -OCH3 is 2. The molecule has 25 heavy (non-hydrogen) atoms. The summed E-state index contributed by atoms with van der Waals surface area (Å²) in [5.74, 6) is -1.50. The average molecular weight is 341 g/mol. The number of rotatable bonds is 4. The van der Waals surface area contributed by atoms with E-state index in [1.54, 1.807) is 22.8 Å². The van der Waals surface area contributed by atoms with E-state index < -0.39 is 17.4 Å². The van der Waals surface area contributed by atoms with Crippen LogP contribution in [0.5, 0.6) is 0 Å². The standard InChI is InChI=1S/C19H19NO5/c1-12-5-4-6-13(11-12)16(21)14-7-8-15-19(17(22)24-2,18(23)25-3)9-10-20(14)15/h4-8,11H,9-10H2,1-3H3. The smallest absolute Gasteiger partial charge is 0.329 e. The number of carbonyl (C=O) groups is 3. The molecule has 1 aliphatic rings. The molecule has 0 spiro atoms. The zero-order chi connectivity index (χ0) is 18.2. The van der Waals surface area contributed by atoms with Crippen molar-refractivity contribution in [2.24, 2.45) is 0 Å². The number of ketones is 1. The Hall–Kier alpha value is -2.89. The molecule has 0 N–H and O–H groups in total. The van der Waals surface area contributed by atoms with Crippen LogP contribution in [0.3, 0.4) is 0 Å². The minimum Gasteiger partial charge on any atom is -0.468 e. The highest BCUT2D eigenvalue weighted by Crippen LogP contribution is 2.39. The van der Waals surface area contributed by atoms with Gasteiger partial charge in [0, 0.05) is 17.8 Å². The highest BCUT2D eigenvalue weighted by molar-refractivity contribution is 6.10. The third-order valence-corrected chi connectivity index (χ3v) is 4.71. The predicted octanol–water partition coefficient (Wildman–Crippen LogP) is 2.02. The Morgan fingerprint density at radius 3 is 2.32 bits per heavy atom. The molecule has 0 unspecified atom stereocenters. The lowest BCUT2D eigenvalue weighted by Crippen LogP contribution is -2.43. The normalized spacial score (nSPS) is 14.7. The molecule has 3 rings (SSSR count). The first-order valence-corrected chi connectivity index (χ1v) is 7.94. The molecule has 0 amide bonds. The summed E-state index contributed by atoms with van der Waals surface area (Å²) in [6.45, 7) is 2.28. The first-order valence-electron chi connectivity index (χ1n) is 7.94. The van der Waals surface area contributed by atoms with E-state index in [-0.39, 0.29) is 12.2 Å². The molecular weight excluding hydrogens is 322 g/mol. The highest BCUT2D eigenvalue weighted by Gasteiger charge is 2.55. The maximum Gasteiger partial charge on any atom is 0.329 e. The van der Waals surface area contributed by atoms with Crippen LogP contribution >= 0.6 is 0 Å². The second kappa shape index (κ2) is 6.20. The maximum atomic E-state index is 12.9. The van der Waals surface area contributed by atoms with E-state index >= 15 is 0 Å². The SMILES string of the molecule is COC(=O)C1(C(=O)OC)CCn2c(C(=O)c3cccc(C)c3)ccc21. The molecule has 0 saturated carbocycles. The summed E-state index contributed by atoms with van der Waals surface area (Å²) >= 11 is 0. The maximum absolute atomic E-state index is 12.9. The number of benzene rings is 1. The number of fused-ring (bicyclic) bond motifs is 1. The molecule has 0 atom stereocenters. The lowest BCUT2D eigenvalue weighted by Gasteiger charge is -2.22. The van der Waals surface area contributed by atoms with Crippen LogP contribution in [0.25, 0.3) is 0 Å². The summed E-state index contributed by atoms with van der Waals surface area (Å²) in [5.41, 5.74) is 0.902. The van der Waals surface area contributed by atoms with E-state index in [1.807, 2.05) is 25.1 Å². The average Bonchev–Trinajstić information content (AvgIpc) is 3.20. The summed E-state index contributed by atoms with van der Waals surface area (Å²) in [6, 6.07) is 10.6. The fraction of sp³-hybridized carbons (Fsp3) is 0.316. The largest absolute Gasteiger partial charge is 0.468 e. The first-order chi connectivity index (χ1) is 12.0. The highest BCUT2D eigenvalue weighted by atomic mass is 16.5. The summed E-state index contributed by atoms with van der Waals surface area (Å²) in [5, 5.41) is 0. The van der Waals surface area contributed by atoms with Gasteiger partial charge in [0.15, 0.2) is 0 Å². The monoisotopic (exact) mass is 341 g/mol. The number of nitrogens with zero attached hydrogens (tertiary/aromatic N) is 1. The van der Waals surface area contributed by atoms with Gasteiger partial charge in [0.2, 0.25) is 11.2 Å². The number of hydrogen-bond acceptors (Lipinski definition) is 5. The van der Waals surface area contributed by atoms with Crippen LogP contribution in [-0.2, 0) is 31.0 Å². The van der Waals surface area contributed by atoms with Crippen molar-refractivity contribution in [1.29, 1.82) is 0 Å². The van der Waals surface area contributed by atoms with Gasteiger partial charge in [0.1, 0.15) is 0 Å². The van der Waals surface area contributed by atoms with Crippen molar-refractivity contribution in [3.8, 4) is 0 Å². The summed E-state index contributed by atoms with van der Waals surface area (Å²) < 4.78 is 11.4. The van der Waals surface area contributed by atoms with Crippen molar-refractivity contribution < 1.29 is 23.9 Å². The minimum absolute atomic E-state index is 0.152. The van der Waals surface area contributed by atoms with Crippen molar-refractivity contribution >= 4 is 17.7 Å². The molecule has 0 aliphatic carbocycles. The molecule has 1 aliphatic heterocycles. The van der Waals surface area contributed by atoms with E-state index in [0.29, 0.717) is 23.5 Å². The van der Waals surface area contributed by atoms with Gasteiger partial charge in [-0.1, -0.05) is 23.8 Å². The molecule has 2 heterocycles. The van der Waals surface area contributed by atoms with Gasteiger partial charge in [0.25, 0.3) is 0 Å². The number of aryl methyl sites for hydroxylation is 1. The molecule has 0 fully saturated rings. The van der Waals surface area contributed by atoms with E-state index in [9.17, 15) is 14.4 Å². The van der Waals surface area contributed by atoms with Crippen molar-refractivity contribution in [2.75, 3.05) is 14.2 Å². The number of aromatic nitrogens is 1. The van der Waals surface area contributed by atoms with Gasteiger partial charge < -0.3 is 14.0 Å². The van der Waals surface area contributed by atoms with Crippen LogP contribution in [0, 0.1) is 6.92 Å². The molecule has 1 aromatic carbocycles. The fourth-order valence-electron chi connectivity index (χ4n) is 3.47. The number of ether oxygens (including phenoxy) is 2. The zero-order valence-corrected chi connectivity index (χ0v) is 14.4. The Morgan fingerprint density at radius 1 is 1.04 bits per heavy atom. The Bertz CT molecular complexity index is 848. The van der Waals surface area contributed by atoms with Crippen LogP contribution in [0.15, 0.2) is 36.4 Å². The predicted molar refractivity (Wildman–Crippen MR) is 89.4 cm³/mol. The quantitative estimate of drug-likeness (QED) is 0.483. The summed E-state index contributed by atoms with van der Waals surface area (Å²) in [6.07, 6.45) is 0.205. The lowest BCUT2D eigenvalue weighted by atomic mass is 9.83. The third kappa shape index (κ3) is 2.45. The summed E-state index contributed by atoms with van der Waals surface area (Å²) in [7, 11) is 2.47. The summed E-state index contributed by atoms with van der Waals surface area (Å²) in [4.78, 5) is 37.6. The van der Waals surface area contributed by atoms with Crippen LogP contribution in [-0.4, -0.2) is 36.5 Å².